The van der Waals surface area contributed by atoms with Crippen molar-refractivity contribution in [3.05, 3.63) is 63.5 Å². The van der Waals surface area contributed by atoms with E-state index in [2.05, 4.69) is 4.98 Å². The second-order valence-electron chi connectivity index (χ2n) is 4.68. The average molecular weight is 391 g/mol. The van der Waals surface area contributed by atoms with Gasteiger partial charge in [-0.2, -0.15) is 0 Å². The van der Waals surface area contributed by atoms with Gasteiger partial charge in [0.25, 0.3) is 0 Å². The number of nitrogens with zero attached hydrogens (tertiary/aromatic N) is 1. The van der Waals surface area contributed by atoms with Gasteiger partial charge in [0, 0.05) is 17.6 Å². The zero-order chi connectivity index (χ0) is 16.8. The third kappa shape index (κ3) is 2.90. The molecule has 0 aliphatic heterocycles. The number of benzene rings is 2. The molecule has 0 spiro atoms. The maximum absolute atomic E-state index is 13.2. The number of fused-ring (bicyclic) bond motifs is 1. The maximum Gasteiger partial charge on any atom is 0.209 e. The van der Waals surface area contributed by atoms with Crippen LogP contribution in [0.15, 0.2) is 52.4 Å². The Bertz CT molecular complexity index is 1040. The number of hydrogen-bond acceptors (Lipinski definition) is 3. The number of pyridine rings is 1. The summed E-state index contributed by atoms with van der Waals surface area (Å²) < 4.78 is 38.7. The van der Waals surface area contributed by atoms with Crippen LogP contribution in [0.2, 0.25) is 15.1 Å². The van der Waals surface area contributed by atoms with Crippen LogP contribution in [0, 0.1) is 5.82 Å². The van der Waals surface area contributed by atoms with Crippen molar-refractivity contribution in [3.63, 3.8) is 0 Å². The Balaban J connectivity index is 2.24. The maximum atomic E-state index is 13.2. The molecule has 2 aromatic carbocycles. The lowest BCUT2D eigenvalue weighted by atomic mass is 10.2. The Hall–Kier alpha value is -1.40. The van der Waals surface area contributed by atoms with Crippen LogP contribution in [-0.2, 0) is 9.84 Å². The molecule has 3 rings (SSSR count). The Kier molecular flexibility index (Phi) is 4.23. The molecule has 0 radical (unpaired) electrons. The van der Waals surface area contributed by atoms with Crippen LogP contribution in [0.3, 0.4) is 0 Å². The first-order valence-electron chi connectivity index (χ1n) is 6.24. The van der Waals surface area contributed by atoms with E-state index in [1.807, 2.05) is 0 Å². The molecule has 0 N–H and O–H groups in total. The molecule has 3 nitrogen and oxygen atoms in total. The van der Waals surface area contributed by atoms with Crippen molar-refractivity contribution in [2.75, 3.05) is 0 Å². The monoisotopic (exact) mass is 389 g/mol. The normalized spacial score (nSPS) is 11.8. The molecule has 0 atom stereocenters. The van der Waals surface area contributed by atoms with Crippen LogP contribution < -0.4 is 0 Å². The summed E-state index contributed by atoms with van der Waals surface area (Å²) in [6.07, 6.45) is 1.10. The molecule has 1 heterocycles. The smallest absolute Gasteiger partial charge is 0.209 e. The summed E-state index contributed by atoms with van der Waals surface area (Å²) in [5.74, 6) is -0.485. The summed E-state index contributed by atoms with van der Waals surface area (Å²) in [4.78, 5) is 3.73. The van der Waals surface area contributed by atoms with Gasteiger partial charge >= 0.3 is 0 Å². The molecule has 0 aliphatic carbocycles. The molecule has 0 saturated carbocycles. The SMILES string of the molecule is O=S(=O)(c1ccc(Cl)c(Cl)c1)c1cnc2cc(F)ccc2c1Cl. The molecule has 3 aromatic rings. The van der Waals surface area contributed by atoms with Gasteiger partial charge in [-0.25, -0.2) is 12.8 Å². The Morgan fingerprint density at radius 3 is 2.39 bits per heavy atom. The molecule has 118 valence electrons. The molecule has 0 unspecified atom stereocenters. The Labute approximate surface area is 146 Å². The average Bonchev–Trinajstić information content (AvgIpc) is 2.49. The van der Waals surface area contributed by atoms with E-state index in [0.29, 0.717) is 5.39 Å². The largest absolute Gasteiger partial charge is 0.255 e. The van der Waals surface area contributed by atoms with Crippen molar-refractivity contribution in [2.24, 2.45) is 0 Å². The molecule has 0 bridgehead atoms. The first-order chi connectivity index (χ1) is 10.8. The highest BCUT2D eigenvalue weighted by molar-refractivity contribution is 7.91. The van der Waals surface area contributed by atoms with Gasteiger partial charge < -0.3 is 0 Å². The summed E-state index contributed by atoms with van der Waals surface area (Å²) >= 11 is 17.9. The van der Waals surface area contributed by atoms with Crippen molar-refractivity contribution in [3.8, 4) is 0 Å². The summed E-state index contributed by atoms with van der Waals surface area (Å²) in [6.45, 7) is 0. The Morgan fingerprint density at radius 2 is 1.70 bits per heavy atom. The second-order valence-corrected chi connectivity index (χ2v) is 7.79. The summed E-state index contributed by atoms with van der Waals surface area (Å²) in [6, 6.07) is 7.70. The highest BCUT2D eigenvalue weighted by atomic mass is 35.5. The van der Waals surface area contributed by atoms with Crippen molar-refractivity contribution in [2.45, 2.75) is 9.79 Å². The van der Waals surface area contributed by atoms with E-state index in [1.165, 1.54) is 36.4 Å². The van der Waals surface area contributed by atoms with Crippen LogP contribution in [0.1, 0.15) is 0 Å². The second kappa shape index (κ2) is 5.91. The molecular formula is C15H7Cl3FNO2S. The fourth-order valence-corrected chi connectivity index (χ4v) is 4.26. The minimum atomic E-state index is -3.94. The number of halogens is 4. The number of rotatable bonds is 2. The predicted molar refractivity (Wildman–Crippen MR) is 88.6 cm³/mol. The number of sulfone groups is 1. The van der Waals surface area contributed by atoms with Gasteiger partial charge in [0.05, 0.1) is 25.5 Å². The fourth-order valence-electron chi connectivity index (χ4n) is 2.07. The van der Waals surface area contributed by atoms with Gasteiger partial charge in [0.1, 0.15) is 10.7 Å². The van der Waals surface area contributed by atoms with Crippen LogP contribution in [0.5, 0.6) is 0 Å². The van der Waals surface area contributed by atoms with Crippen LogP contribution in [0.4, 0.5) is 4.39 Å². The van der Waals surface area contributed by atoms with E-state index in [1.54, 1.807) is 0 Å². The van der Waals surface area contributed by atoms with Gasteiger partial charge in [0.2, 0.25) is 9.84 Å². The minimum absolute atomic E-state index is 0.0268. The molecule has 8 heteroatoms. The lowest BCUT2D eigenvalue weighted by molar-refractivity contribution is 0.596. The highest BCUT2D eigenvalue weighted by Crippen LogP contribution is 2.34. The van der Waals surface area contributed by atoms with Gasteiger partial charge in [-0.15, -0.1) is 0 Å². The summed E-state index contributed by atoms with van der Waals surface area (Å²) in [7, 11) is -3.94. The van der Waals surface area contributed by atoms with Crippen LogP contribution in [0.25, 0.3) is 10.9 Å². The standard InChI is InChI=1S/C15H7Cl3FNO2S/c16-11-4-2-9(6-12(11)17)23(21,22)14-7-20-13-5-8(19)1-3-10(13)15(14)18/h1-7H. The molecular weight excluding hydrogens is 384 g/mol. The molecule has 0 saturated heterocycles. The lowest BCUT2D eigenvalue weighted by Gasteiger charge is -2.09. The topological polar surface area (TPSA) is 47.0 Å². The third-order valence-electron chi connectivity index (χ3n) is 3.22. The van der Waals surface area contributed by atoms with E-state index in [9.17, 15) is 12.8 Å². The summed E-state index contributed by atoms with van der Waals surface area (Å²) in [5, 5.41) is 0.666. The minimum Gasteiger partial charge on any atom is -0.255 e. The zero-order valence-electron chi connectivity index (χ0n) is 11.2. The third-order valence-corrected chi connectivity index (χ3v) is 6.25. The molecule has 1 aromatic heterocycles. The first-order valence-corrected chi connectivity index (χ1v) is 8.86. The first kappa shape index (κ1) is 16.5. The van der Waals surface area contributed by atoms with Crippen LogP contribution >= 0.6 is 34.8 Å². The van der Waals surface area contributed by atoms with E-state index >= 15 is 0 Å². The van der Waals surface area contributed by atoms with Gasteiger partial charge in [-0.05, 0) is 30.3 Å². The number of aromatic nitrogens is 1. The number of hydrogen-bond donors (Lipinski definition) is 0. The van der Waals surface area contributed by atoms with Gasteiger partial charge in [-0.1, -0.05) is 34.8 Å². The molecule has 0 aliphatic rings. The van der Waals surface area contributed by atoms with E-state index in [-0.39, 0.29) is 30.4 Å². The predicted octanol–water partition coefficient (Wildman–Crippen LogP) is 5.17. The molecule has 23 heavy (non-hydrogen) atoms. The molecule has 0 amide bonds. The van der Waals surface area contributed by atoms with Gasteiger partial charge in [0.15, 0.2) is 0 Å². The zero-order valence-corrected chi connectivity index (χ0v) is 14.3. The quantitative estimate of drug-likeness (QED) is 0.606. The lowest BCUT2D eigenvalue weighted by Crippen LogP contribution is -2.04. The van der Waals surface area contributed by atoms with Crippen molar-refractivity contribution < 1.29 is 12.8 Å². The highest BCUT2D eigenvalue weighted by Gasteiger charge is 2.23. The summed E-state index contributed by atoms with van der Waals surface area (Å²) in [5.41, 5.74) is 0.267. The fraction of sp³-hybridized carbons (Fsp3) is 0. The molecule has 0 fully saturated rings. The van der Waals surface area contributed by atoms with Crippen molar-refractivity contribution in [1.29, 1.82) is 0 Å². The van der Waals surface area contributed by atoms with E-state index in [0.717, 1.165) is 6.20 Å². The van der Waals surface area contributed by atoms with Crippen LogP contribution in [-0.4, -0.2) is 13.4 Å². The van der Waals surface area contributed by atoms with E-state index in [4.69, 9.17) is 34.8 Å². The van der Waals surface area contributed by atoms with Gasteiger partial charge in [-0.3, -0.25) is 4.98 Å². The van der Waals surface area contributed by atoms with E-state index < -0.39 is 15.7 Å². The van der Waals surface area contributed by atoms with Crippen molar-refractivity contribution in [1.82, 2.24) is 4.98 Å². The van der Waals surface area contributed by atoms with Crippen molar-refractivity contribution >= 4 is 55.5 Å². The Morgan fingerprint density at radius 1 is 0.957 bits per heavy atom.